The molecule has 0 aliphatic carbocycles. The predicted molar refractivity (Wildman–Crippen MR) is 83.8 cm³/mol. The molecule has 110 valence electrons. The van der Waals surface area contributed by atoms with E-state index < -0.39 is 0 Å². The first kappa shape index (κ1) is 15.4. The highest BCUT2D eigenvalue weighted by molar-refractivity contribution is 6.18. The van der Waals surface area contributed by atoms with Crippen LogP contribution >= 0.6 is 11.6 Å². The number of carbonyl (C=O) groups is 1. The second-order valence-corrected chi connectivity index (χ2v) is 4.87. The molecule has 0 aliphatic heterocycles. The summed E-state index contributed by atoms with van der Waals surface area (Å²) in [6.45, 7) is 0. The molecule has 2 aromatic rings. The van der Waals surface area contributed by atoms with Gasteiger partial charge in [0, 0.05) is 12.3 Å². The van der Waals surface area contributed by atoms with Gasteiger partial charge in [0.15, 0.2) is 5.78 Å². The van der Waals surface area contributed by atoms with E-state index in [0.29, 0.717) is 35.8 Å². The number of ether oxygens (including phenoxy) is 2. The van der Waals surface area contributed by atoms with E-state index in [9.17, 15) is 4.79 Å². The van der Waals surface area contributed by atoms with Gasteiger partial charge in [0.2, 0.25) is 0 Å². The molecule has 21 heavy (non-hydrogen) atoms. The highest BCUT2D eigenvalue weighted by atomic mass is 35.5. The number of methoxy groups -OCH3 is 1. The maximum atomic E-state index is 12.2. The van der Waals surface area contributed by atoms with Crippen molar-refractivity contribution >= 4 is 17.4 Å². The molecule has 0 aliphatic rings. The second-order valence-electron chi connectivity index (χ2n) is 4.49. The summed E-state index contributed by atoms with van der Waals surface area (Å²) in [4.78, 5) is 12.2. The van der Waals surface area contributed by atoms with Crippen molar-refractivity contribution in [2.75, 3.05) is 13.0 Å². The molecule has 0 heterocycles. The van der Waals surface area contributed by atoms with Crippen LogP contribution in [0.25, 0.3) is 0 Å². The van der Waals surface area contributed by atoms with E-state index in [-0.39, 0.29) is 5.78 Å². The summed E-state index contributed by atoms with van der Waals surface area (Å²) >= 11 is 5.64. The lowest BCUT2D eigenvalue weighted by Crippen LogP contribution is -2.03. The van der Waals surface area contributed by atoms with E-state index in [0.717, 1.165) is 5.75 Å². The fourth-order valence-electron chi connectivity index (χ4n) is 1.96. The van der Waals surface area contributed by atoms with Crippen LogP contribution in [0.1, 0.15) is 23.2 Å². The molecular weight excluding hydrogens is 288 g/mol. The third kappa shape index (κ3) is 4.23. The molecule has 0 saturated carbocycles. The Morgan fingerprint density at radius 2 is 1.86 bits per heavy atom. The largest absolute Gasteiger partial charge is 0.496 e. The van der Waals surface area contributed by atoms with Gasteiger partial charge in [-0.25, -0.2) is 0 Å². The molecule has 0 saturated heterocycles. The molecule has 2 aromatic carbocycles. The van der Waals surface area contributed by atoms with Crippen molar-refractivity contribution in [3.63, 3.8) is 0 Å². The maximum Gasteiger partial charge on any atom is 0.166 e. The van der Waals surface area contributed by atoms with Gasteiger partial charge in [-0.3, -0.25) is 4.79 Å². The van der Waals surface area contributed by atoms with E-state index in [4.69, 9.17) is 21.1 Å². The number of halogens is 1. The van der Waals surface area contributed by atoms with E-state index in [1.807, 2.05) is 30.3 Å². The van der Waals surface area contributed by atoms with Crippen LogP contribution < -0.4 is 9.47 Å². The van der Waals surface area contributed by atoms with Crippen molar-refractivity contribution in [3.8, 4) is 17.2 Å². The van der Waals surface area contributed by atoms with E-state index >= 15 is 0 Å². The number of rotatable bonds is 7. The highest BCUT2D eigenvalue weighted by Gasteiger charge is 2.13. The lowest BCUT2D eigenvalue weighted by atomic mass is 10.1. The quantitative estimate of drug-likeness (QED) is 0.550. The fourth-order valence-corrected chi connectivity index (χ4v) is 2.09. The molecule has 0 N–H and O–H groups in total. The number of alkyl halides is 1. The van der Waals surface area contributed by atoms with Crippen LogP contribution in [0.5, 0.6) is 17.2 Å². The summed E-state index contributed by atoms with van der Waals surface area (Å²) in [6.07, 6.45) is 1.04. The van der Waals surface area contributed by atoms with Crippen molar-refractivity contribution in [2.24, 2.45) is 0 Å². The maximum absolute atomic E-state index is 12.2. The first-order valence-electron chi connectivity index (χ1n) is 6.74. The predicted octanol–water partition coefficient (Wildman–Crippen LogP) is 4.69. The van der Waals surface area contributed by atoms with Gasteiger partial charge >= 0.3 is 0 Å². The Kier molecular flexibility index (Phi) is 5.64. The first-order chi connectivity index (χ1) is 10.2. The Hall–Kier alpha value is -2.00. The number of ketones is 1. The van der Waals surface area contributed by atoms with Crippen LogP contribution in [0, 0.1) is 0 Å². The van der Waals surface area contributed by atoms with Crippen molar-refractivity contribution in [2.45, 2.75) is 12.8 Å². The molecular formula is C17H17ClO3. The first-order valence-corrected chi connectivity index (χ1v) is 7.28. The van der Waals surface area contributed by atoms with Gasteiger partial charge in [-0.1, -0.05) is 18.2 Å². The van der Waals surface area contributed by atoms with E-state index in [1.54, 1.807) is 25.3 Å². The molecule has 2 rings (SSSR count). The van der Waals surface area contributed by atoms with Gasteiger partial charge in [0.05, 0.1) is 12.7 Å². The lowest BCUT2D eigenvalue weighted by molar-refractivity contribution is 0.0978. The molecule has 0 amide bonds. The van der Waals surface area contributed by atoms with Crippen molar-refractivity contribution < 1.29 is 14.3 Å². The average molecular weight is 305 g/mol. The minimum Gasteiger partial charge on any atom is -0.496 e. The second kappa shape index (κ2) is 7.70. The molecule has 0 fully saturated rings. The Morgan fingerprint density at radius 3 is 2.52 bits per heavy atom. The van der Waals surface area contributed by atoms with Crippen LogP contribution in [0.4, 0.5) is 0 Å². The summed E-state index contributed by atoms with van der Waals surface area (Å²) in [5.41, 5.74) is 0.524. The number of Topliss-reactive ketones (excluding diaryl/α,β-unsaturated/α-hetero) is 1. The number of carbonyl (C=O) groups excluding carboxylic acids is 1. The van der Waals surface area contributed by atoms with Crippen molar-refractivity contribution in [1.82, 2.24) is 0 Å². The van der Waals surface area contributed by atoms with Crippen molar-refractivity contribution in [3.05, 3.63) is 54.1 Å². The van der Waals surface area contributed by atoms with E-state index in [1.165, 1.54) is 0 Å². The summed E-state index contributed by atoms with van der Waals surface area (Å²) in [7, 11) is 1.55. The normalized spacial score (nSPS) is 10.2. The average Bonchev–Trinajstić information content (AvgIpc) is 2.53. The minimum absolute atomic E-state index is 0.00557. The topological polar surface area (TPSA) is 35.5 Å². The van der Waals surface area contributed by atoms with E-state index in [2.05, 4.69) is 0 Å². The van der Waals surface area contributed by atoms with Gasteiger partial charge in [-0.15, -0.1) is 11.6 Å². The summed E-state index contributed by atoms with van der Waals surface area (Å²) < 4.78 is 11.0. The Balaban J connectivity index is 2.22. The standard InChI is InChI=1S/C17H17ClO3/c1-20-17-10-9-14(21-13-6-3-2-4-7-13)12-15(17)16(19)8-5-11-18/h2-4,6-7,9-10,12H,5,8,11H2,1H3. The molecule has 0 spiro atoms. The molecule has 0 atom stereocenters. The highest BCUT2D eigenvalue weighted by Crippen LogP contribution is 2.28. The summed E-state index contributed by atoms with van der Waals surface area (Å²) in [5.74, 6) is 2.35. The molecule has 0 unspecified atom stereocenters. The monoisotopic (exact) mass is 304 g/mol. The van der Waals surface area contributed by atoms with Crippen LogP contribution in [0.3, 0.4) is 0 Å². The van der Waals surface area contributed by atoms with Gasteiger partial charge in [0.25, 0.3) is 0 Å². The zero-order valence-electron chi connectivity index (χ0n) is 11.8. The van der Waals surface area contributed by atoms with Gasteiger partial charge in [-0.05, 0) is 36.8 Å². The summed E-state index contributed by atoms with van der Waals surface area (Å²) in [6, 6.07) is 14.7. The number of hydrogen-bond acceptors (Lipinski definition) is 3. The van der Waals surface area contributed by atoms with Crippen LogP contribution in [0.15, 0.2) is 48.5 Å². The summed E-state index contributed by atoms with van der Waals surface area (Å²) in [5, 5.41) is 0. The fraction of sp³-hybridized carbons (Fsp3) is 0.235. The Morgan fingerprint density at radius 1 is 1.10 bits per heavy atom. The molecule has 0 bridgehead atoms. The lowest BCUT2D eigenvalue weighted by Gasteiger charge is -2.11. The number of hydrogen-bond donors (Lipinski definition) is 0. The molecule has 3 nitrogen and oxygen atoms in total. The SMILES string of the molecule is COc1ccc(Oc2ccccc2)cc1C(=O)CCCCl. The zero-order chi connectivity index (χ0) is 15.1. The zero-order valence-corrected chi connectivity index (χ0v) is 12.6. The van der Waals surface area contributed by atoms with Crippen LogP contribution in [0.2, 0.25) is 0 Å². The minimum atomic E-state index is 0.00557. The Bertz CT molecular complexity index is 596. The van der Waals surface area contributed by atoms with Crippen LogP contribution in [-0.4, -0.2) is 18.8 Å². The molecule has 4 heteroatoms. The third-order valence-electron chi connectivity index (χ3n) is 2.99. The number of para-hydroxylation sites is 1. The van der Waals surface area contributed by atoms with Gasteiger partial charge in [-0.2, -0.15) is 0 Å². The van der Waals surface area contributed by atoms with Gasteiger partial charge in [0.1, 0.15) is 17.2 Å². The number of benzene rings is 2. The van der Waals surface area contributed by atoms with Crippen LogP contribution in [-0.2, 0) is 0 Å². The van der Waals surface area contributed by atoms with Gasteiger partial charge < -0.3 is 9.47 Å². The third-order valence-corrected chi connectivity index (χ3v) is 3.25. The Labute approximate surface area is 129 Å². The molecule has 0 aromatic heterocycles. The molecule has 0 radical (unpaired) electrons. The van der Waals surface area contributed by atoms with Crippen molar-refractivity contribution in [1.29, 1.82) is 0 Å². The smallest absolute Gasteiger partial charge is 0.166 e.